The van der Waals surface area contributed by atoms with Gasteiger partial charge in [0.2, 0.25) is 11.7 Å². The Labute approximate surface area is 169 Å². The highest BCUT2D eigenvalue weighted by molar-refractivity contribution is 5.75. The van der Waals surface area contributed by atoms with E-state index in [1.807, 2.05) is 95.9 Å². The standard InChI is InChI=1S/C23H21N5O/c29-22(18-28-25-23(24-26-28)21-14-8-3-9-15-21)27(16-19-10-4-1-5-11-19)17-20-12-6-2-7-13-20/h1-15H,16-18H2. The van der Waals surface area contributed by atoms with Crippen molar-refractivity contribution in [3.63, 3.8) is 0 Å². The molecule has 1 amide bonds. The number of carbonyl (C=O) groups is 1. The molecule has 1 aromatic heterocycles. The van der Waals surface area contributed by atoms with Gasteiger partial charge in [0.15, 0.2) is 0 Å². The molecule has 4 rings (SSSR count). The predicted molar refractivity (Wildman–Crippen MR) is 110 cm³/mol. The highest BCUT2D eigenvalue weighted by Gasteiger charge is 2.17. The molecule has 0 atom stereocenters. The molecule has 1 heterocycles. The lowest BCUT2D eigenvalue weighted by atomic mass is 10.1. The molecule has 0 aliphatic rings. The summed E-state index contributed by atoms with van der Waals surface area (Å²) in [5.74, 6) is 0.450. The van der Waals surface area contributed by atoms with Crippen LogP contribution in [0.5, 0.6) is 0 Å². The van der Waals surface area contributed by atoms with Gasteiger partial charge in [-0.25, -0.2) is 0 Å². The second-order valence-electron chi connectivity index (χ2n) is 6.73. The number of tetrazole rings is 1. The van der Waals surface area contributed by atoms with Gasteiger partial charge in [-0.15, -0.1) is 10.2 Å². The van der Waals surface area contributed by atoms with Gasteiger partial charge in [0.1, 0.15) is 6.54 Å². The van der Waals surface area contributed by atoms with Crippen LogP contribution in [0.1, 0.15) is 11.1 Å². The number of hydrogen-bond acceptors (Lipinski definition) is 4. The van der Waals surface area contributed by atoms with E-state index in [4.69, 9.17) is 0 Å². The summed E-state index contributed by atoms with van der Waals surface area (Å²) in [5, 5.41) is 12.5. The zero-order valence-electron chi connectivity index (χ0n) is 15.9. The van der Waals surface area contributed by atoms with Crippen molar-refractivity contribution in [3.05, 3.63) is 102 Å². The maximum absolute atomic E-state index is 13.1. The molecule has 0 aliphatic heterocycles. The van der Waals surface area contributed by atoms with Crippen LogP contribution in [0.15, 0.2) is 91.0 Å². The average molecular weight is 383 g/mol. The average Bonchev–Trinajstić information content (AvgIpc) is 3.24. The monoisotopic (exact) mass is 383 g/mol. The van der Waals surface area contributed by atoms with Crippen LogP contribution < -0.4 is 0 Å². The van der Waals surface area contributed by atoms with Crippen molar-refractivity contribution in [2.24, 2.45) is 0 Å². The lowest BCUT2D eigenvalue weighted by Gasteiger charge is -2.23. The summed E-state index contributed by atoms with van der Waals surface area (Å²) < 4.78 is 0. The first-order valence-electron chi connectivity index (χ1n) is 9.47. The van der Waals surface area contributed by atoms with Crippen molar-refractivity contribution >= 4 is 5.91 Å². The first kappa shape index (κ1) is 18.6. The molecule has 0 bridgehead atoms. The van der Waals surface area contributed by atoms with E-state index >= 15 is 0 Å². The van der Waals surface area contributed by atoms with Gasteiger partial charge in [-0.05, 0) is 16.3 Å². The summed E-state index contributed by atoms with van der Waals surface area (Å²) in [5.41, 5.74) is 3.03. The topological polar surface area (TPSA) is 63.9 Å². The van der Waals surface area contributed by atoms with Gasteiger partial charge in [-0.2, -0.15) is 4.80 Å². The molecule has 3 aromatic carbocycles. The SMILES string of the molecule is O=C(Cn1nnc(-c2ccccc2)n1)N(Cc1ccccc1)Cc1ccccc1. The Balaban J connectivity index is 1.51. The van der Waals surface area contributed by atoms with Gasteiger partial charge in [-0.3, -0.25) is 4.79 Å². The third kappa shape index (κ3) is 4.93. The Morgan fingerprint density at radius 3 is 1.83 bits per heavy atom. The van der Waals surface area contributed by atoms with E-state index in [1.165, 1.54) is 4.80 Å². The Bertz CT molecular complexity index is 1010. The van der Waals surface area contributed by atoms with Gasteiger partial charge >= 0.3 is 0 Å². The summed E-state index contributed by atoms with van der Waals surface area (Å²) in [6.45, 7) is 1.09. The molecule has 6 heteroatoms. The molecule has 0 N–H and O–H groups in total. The Kier molecular flexibility index (Phi) is 5.71. The number of hydrogen-bond donors (Lipinski definition) is 0. The van der Waals surface area contributed by atoms with Crippen LogP contribution in [0.25, 0.3) is 11.4 Å². The molecule has 0 spiro atoms. The molecular formula is C23H21N5O. The van der Waals surface area contributed by atoms with Crippen LogP contribution in [-0.2, 0) is 24.4 Å². The number of rotatable bonds is 7. The van der Waals surface area contributed by atoms with Crippen LogP contribution in [0.4, 0.5) is 0 Å². The summed E-state index contributed by atoms with van der Waals surface area (Å²) in [6.07, 6.45) is 0. The predicted octanol–water partition coefficient (Wildman–Crippen LogP) is 3.57. The molecule has 0 unspecified atom stereocenters. The van der Waals surface area contributed by atoms with Crippen molar-refractivity contribution < 1.29 is 4.79 Å². The van der Waals surface area contributed by atoms with Crippen LogP contribution >= 0.6 is 0 Å². The molecule has 0 saturated carbocycles. The number of nitrogens with zero attached hydrogens (tertiary/aromatic N) is 5. The van der Waals surface area contributed by atoms with E-state index in [-0.39, 0.29) is 12.5 Å². The fraction of sp³-hybridized carbons (Fsp3) is 0.130. The number of aromatic nitrogens is 4. The summed E-state index contributed by atoms with van der Waals surface area (Å²) >= 11 is 0. The van der Waals surface area contributed by atoms with E-state index in [1.54, 1.807) is 0 Å². The minimum Gasteiger partial charge on any atom is -0.332 e. The summed E-state index contributed by atoms with van der Waals surface area (Å²) in [7, 11) is 0. The third-order valence-electron chi connectivity index (χ3n) is 4.55. The minimum atomic E-state index is -0.0604. The number of benzene rings is 3. The van der Waals surface area contributed by atoms with E-state index in [0.29, 0.717) is 18.9 Å². The van der Waals surface area contributed by atoms with Crippen molar-refractivity contribution in [1.29, 1.82) is 0 Å². The Morgan fingerprint density at radius 2 is 1.28 bits per heavy atom. The van der Waals surface area contributed by atoms with Gasteiger partial charge in [0.05, 0.1) is 0 Å². The molecule has 6 nitrogen and oxygen atoms in total. The second kappa shape index (κ2) is 8.93. The molecule has 4 aromatic rings. The summed E-state index contributed by atoms with van der Waals surface area (Å²) in [6, 6.07) is 29.5. The van der Waals surface area contributed by atoms with E-state index < -0.39 is 0 Å². The highest BCUT2D eigenvalue weighted by Crippen LogP contribution is 2.13. The molecular weight excluding hydrogens is 362 g/mol. The first-order chi connectivity index (χ1) is 14.3. The maximum Gasteiger partial charge on any atom is 0.246 e. The number of carbonyl (C=O) groups excluding carboxylic acids is 1. The molecule has 144 valence electrons. The zero-order valence-corrected chi connectivity index (χ0v) is 15.9. The van der Waals surface area contributed by atoms with Crippen molar-refractivity contribution in [1.82, 2.24) is 25.1 Å². The molecule has 29 heavy (non-hydrogen) atoms. The molecule has 0 saturated heterocycles. The Morgan fingerprint density at radius 1 is 0.759 bits per heavy atom. The molecule has 0 aliphatic carbocycles. The van der Waals surface area contributed by atoms with Crippen LogP contribution in [0, 0.1) is 0 Å². The minimum absolute atomic E-state index is 0.0412. The lowest BCUT2D eigenvalue weighted by molar-refractivity contribution is -0.133. The fourth-order valence-corrected chi connectivity index (χ4v) is 3.07. The van der Waals surface area contributed by atoms with Crippen LogP contribution in [0.2, 0.25) is 0 Å². The van der Waals surface area contributed by atoms with Crippen molar-refractivity contribution in [3.8, 4) is 11.4 Å². The van der Waals surface area contributed by atoms with Gasteiger partial charge < -0.3 is 4.90 Å². The lowest BCUT2D eigenvalue weighted by Crippen LogP contribution is -2.33. The van der Waals surface area contributed by atoms with Gasteiger partial charge in [0, 0.05) is 18.7 Å². The van der Waals surface area contributed by atoms with Gasteiger partial charge in [0.25, 0.3) is 0 Å². The van der Waals surface area contributed by atoms with E-state index in [0.717, 1.165) is 16.7 Å². The fourth-order valence-electron chi connectivity index (χ4n) is 3.07. The normalized spacial score (nSPS) is 10.6. The van der Waals surface area contributed by atoms with Crippen molar-refractivity contribution in [2.45, 2.75) is 19.6 Å². The third-order valence-corrected chi connectivity index (χ3v) is 4.55. The van der Waals surface area contributed by atoms with Crippen LogP contribution in [-0.4, -0.2) is 31.0 Å². The second-order valence-corrected chi connectivity index (χ2v) is 6.73. The number of amides is 1. The summed E-state index contributed by atoms with van der Waals surface area (Å²) in [4.78, 5) is 16.2. The highest BCUT2D eigenvalue weighted by atomic mass is 16.2. The van der Waals surface area contributed by atoms with Gasteiger partial charge in [-0.1, -0.05) is 91.0 Å². The largest absolute Gasteiger partial charge is 0.332 e. The van der Waals surface area contributed by atoms with E-state index in [9.17, 15) is 4.79 Å². The quantitative estimate of drug-likeness (QED) is 0.489. The smallest absolute Gasteiger partial charge is 0.246 e. The Hall–Kier alpha value is -3.80. The molecule has 0 fully saturated rings. The van der Waals surface area contributed by atoms with Crippen molar-refractivity contribution in [2.75, 3.05) is 0 Å². The molecule has 0 radical (unpaired) electrons. The van der Waals surface area contributed by atoms with Crippen LogP contribution in [0.3, 0.4) is 0 Å². The first-order valence-corrected chi connectivity index (χ1v) is 9.47. The maximum atomic E-state index is 13.1. The zero-order chi connectivity index (χ0) is 19.9. The van der Waals surface area contributed by atoms with E-state index in [2.05, 4.69) is 15.4 Å².